The van der Waals surface area contributed by atoms with Crippen LogP contribution in [-0.2, 0) is 24.2 Å². The standard InChI is InChI=1S/C19H20N2O7S/c22-16(21(12-5-6-12)13-7-8-29(26,27)11-13)10-28-17(23)9-20-18(24)14-3-1-2-4-15(14)19(20)25/h1-4,12-13H,5-11H2. The Labute approximate surface area is 167 Å². The number of hydrogen-bond donors (Lipinski definition) is 0. The number of sulfone groups is 1. The number of carbonyl (C=O) groups is 4. The summed E-state index contributed by atoms with van der Waals surface area (Å²) >= 11 is 0. The third-order valence-corrected chi connectivity index (χ3v) is 7.10. The molecule has 2 aliphatic heterocycles. The maximum absolute atomic E-state index is 12.6. The van der Waals surface area contributed by atoms with Gasteiger partial charge in [-0.05, 0) is 31.4 Å². The summed E-state index contributed by atoms with van der Waals surface area (Å²) in [5.74, 6) is -2.51. The quantitative estimate of drug-likeness (QED) is 0.470. The van der Waals surface area contributed by atoms with Crippen molar-refractivity contribution < 1.29 is 32.3 Å². The van der Waals surface area contributed by atoms with Crippen LogP contribution in [0.15, 0.2) is 24.3 Å². The Kier molecular flexibility index (Phi) is 4.89. The highest BCUT2D eigenvalue weighted by molar-refractivity contribution is 7.91. The van der Waals surface area contributed by atoms with Crippen molar-refractivity contribution in [3.63, 3.8) is 0 Å². The maximum Gasteiger partial charge on any atom is 0.326 e. The van der Waals surface area contributed by atoms with Crippen molar-refractivity contribution in [2.24, 2.45) is 0 Å². The molecule has 1 atom stereocenters. The number of benzene rings is 1. The predicted octanol–water partition coefficient (Wildman–Crippen LogP) is 0.00390. The first-order chi connectivity index (χ1) is 13.8. The minimum atomic E-state index is -3.15. The molecule has 3 aliphatic rings. The van der Waals surface area contributed by atoms with Crippen molar-refractivity contribution in [1.82, 2.24) is 9.80 Å². The van der Waals surface area contributed by atoms with Gasteiger partial charge < -0.3 is 9.64 Å². The van der Waals surface area contributed by atoms with E-state index in [9.17, 15) is 27.6 Å². The Bertz CT molecular complexity index is 965. The minimum absolute atomic E-state index is 0.0178. The lowest BCUT2D eigenvalue weighted by molar-refractivity contribution is -0.153. The largest absolute Gasteiger partial charge is 0.454 e. The first kappa shape index (κ1) is 19.6. The SMILES string of the molecule is O=C(CN1C(=O)c2ccccc2C1=O)OCC(=O)N(C1CC1)C1CCS(=O)(=O)C1. The van der Waals surface area contributed by atoms with E-state index in [-0.39, 0.29) is 28.7 Å². The molecule has 3 amide bonds. The molecule has 1 aromatic carbocycles. The van der Waals surface area contributed by atoms with Gasteiger partial charge in [-0.2, -0.15) is 0 Å². The van der Waals surface area contributed by atoms with E-state index in [1.165, 1.54) is 17.0 Å². The summed E-state index contributed by atoms with van der Waals surface area (Å²) < 4.78 is 28.5. The van der Waals surface area contributed by atoms with Crippen LogP contribution in [0.5, 0.6) is 0 Å². The molecule has 1 aromatic rings. The van der Waals surface area contributed by atoms with Crippen molar-refractivity contribution in [2.45, 2.75) is 31.3 Å². The number of amides is 3. The molecule has 2 heterocycles. The first-order valence-corrected chi connectivity index (χ1v) is 11.2. The summed E-state index contributed by atoms with van der Waals surface area (Å²) in [5, 5.41) is 0. The Morgan fingerprint density at radius 1 is 1.03 bits per heavy atom. The lowest BCUT2D eigenvalue weighted by Gasteiger charge is -2.28. The third-order valence-electron chi connectivity index (χ3n) is 5.35. The molecule has 0 radical (unpaired) electrons. The minimum Gasteiger partial charge on any atom is -0.454 e. The molecular weight excluding hydrogens is 400 g/mol. The van der Waals surface area contributed by atoms with E-state index >= 15 is 0 Å². The number of fused-ring (bicyclic) bond motifs is 1. The lowest BCUT2D eigenvalue weighted by atomic mass is 10.1. The molecule has 0 bridgehead atoms. The molecule has 1 aliphatic carbocycles. The number of rotatable bonds is 6. The van der Waals surface area contributed by atoms with Crippen LogP contribution in [0.2, 0.25) is 0 Å². The average molecular weight is 420 g/mol. The van der Waals surface area contributed by atoms with E-state index in [0.29, 0.717) is 6.42 Å². The topological polar surface area (TPSA) is 118 Å². The van der Waals surface area contributed by atoms with Gasteiger partial charge in [-0.15, -0.1) is 0 Å². The highest BCUT2D eigenvalue weighted by Crippen LogP contribution is 2.32. The second kappa shape index (κ2) is 7.25. The number of nitrogens with zero attached hydrogens (tertiary/aromatic N) is 2. The molecule has 2 fully saturated rings. The zero-order chi connectivity index (χ0) is 20.8. The monoisotopic (exact) mass is 420 g/mol. The van der Waals surface area contributed by atoms with Crippen LogP contribution in [0.3, 0.4) is 0 Å². The van der Waals surface area contributed by atoms with Gasteiger partial charge in [-0.25, -0.2) is 8.42 Å². The molecular formula is C19H20N2O7S. The predicted molar refractivity (Wildman–Crippen MR) is 99.7 cm³/mol. The van der Waals surface area contributed by atoms with Crippen molar-refractivity contribution >= 4 is 33.5 Å². The van der Waals surface area contributed by atoms with Gasteiger partial charge in [0, 0.05) is 12.1 Å². The molecule has 1 saturated carbocycles. The van der Waals surface area contributed by atoms with E-state index in [1.807, 2.05) is 0 Å². The van der Waals surface area contributed by atoms with Crippen molar-refractivity contribution in [2.75, 3.05) is 24.7 Å². The van der Waals surface area contributed by atoms with E-state index < -0.39 is 52.7 Å². The molecule has 1 saturated heterocycles. The smallest absolute Gasteiger partial charge is 0.326 e. The zero-order valence-corrected chi connectivity index (χ0v) is 16.4. The van der Waals surface area contributed by atoms with E-state index in [4.69, 9.17) is 4.74 Å². The van der Waals surface area contributed by atoms with Gasteiger partial charge in [-0.1, -0.05) is 12.1 Å². The Morgan fingerprint density at radius 2 is 1.66 bits per heavy atom. The van der Waals surface area contributed by atoms with Crippen LogP contribution in [0.4, 0.5) is 0 Å². The Balaban J connectivity index is 1.34. The van der Waals surface area contributed by atoms with Crippen molar-refractivity contribution in [1.29, 1.82) is 0 Å². The number of imide groups is 1. The van der Waals surface area contributed by atoms with Gasteiger partial charge >= 0.3 is 5.97 Å². The molecule has 154 valence electrons. The summed E-state index contributed by atoms with van der Waals surface area (Å²) in [6, 6.07) is 5.85. The van der Waals surface area contributed by atoms with Crippen LogP contribution >= 0.6 is 0 Å². The van der Waals surface area contributed by atoms with Gasteiger partial charge in [0.15, 0.2) is 16.4 Å². The van der Waals surface area contributed by atoms with Crippen LogP contribution in [0, 0.1) is 0 Å². The highest BCUT2D eigenvalue weighted by atomic mass is 32.2. The summed E-state index contributed by atoms with van der Waals surface area (Å²) in [5.41, 5.74) is 0.451. The Hall–Kier alpha value is -2.75. The summed E-state index contributed by atoms with van der Waals surface area (Å²) in [4.78, 5) is 51.6. The maximum atomic E-state index is 12.6. The fourth-order valence-corrected chi connectivity index (χ4v) is 5.54. The molecule has 10 heteroatoms. The number of hydrogen-bond acceptors (Lipinski definition) is 7. The van der Waals surface area contributed by atoms with Gasteiger partial charge in [0.25, 0.3) is 17.7 Å². The van der Waals surface area contributed by atoms with E-state index in [1.54, 1.807) is 12.1 Å². The van der Waals surface area contributed by atoms with Crippen molar-refractivity contribution in [3.05, 3.63) is 35.4 Å². The number of carbonyl (C=O) groups excluding carboxylic acids is 4. The molecule has 9 nitrogen and oxygen atoms in total. The van der Waals surface area contributed by atoms with Gasteiger partial charge in [0.2, 0.25) is 0 Å². The van der Waals surface area contributed by atoms with Crippen LogP contribution in [-0.4, -0.2) is 78.6 Å². The highest BCUT2D eigenvalue weighted by Gasteiger charge is 2.42. The second-order valence-electron chi connectivity index (χ2n) is 7.49. The summed E-state index contributed by atoms with van der Waals surface area (Å²) in [6.07, 6.45) is 1.98. The molecule has 0 N–H and O–H groups in total. The van der Waals surface area contributed by atoms with Crippen LogP contribution in [0.1, 0.15) is 40.0 Å². The molecule has 0 spiro atoms. The third kappa shape index (κ3) is 3.89. The number of ether oxygens (including phenoxy) is 1. The lowest BCUT2D eigenvalue weighted by Crippen LogP contribution is -2.45. The average Bonchev–Trinajstić information content (AvgIpc) is 3.41. The summed E-state index contributed by atoms with van der Waals surface area (Å²) in [7, 11) is -3.15. The number of esters is 1. The van der Waals surface area contributed by atoms with Gasteiger partial charge in [0.1, 0.15) is 6.54 Å². The van der Waals surface area contributed by atoms with Crippen molar-refractivity contribution in [3.8, 4) is 0 Å². The van der Waals surface area contributed by atoms with Crippen LogP contribution in [0.25, 0.3) is 0 Å². The fourth-order valence-electron chi connectivity index (χ4n) is 3.83. The Morgan fingerprint density at radius 3 is 2.17 bits per heavy atom. The first-order valence-electron chi connectivity index (χ1n) is 9.39. The van der Waals surface area contributed by atoms with Gasteiger partial charge in [-0.3, -0.25) is 24.1 Å². The van der Waals surface area contributed by atoms with Gasteiger partial charge in [0.05, 0.1) is 22.6 Å². The zero-order valence-electron chi connectivity index (χ0n) is 15.6. The molecule has 0 aromatic heterocycles. The van der Waals surface area contributed by atoms with Crippen LogP contribution < -0.4 is 0 Å². The molecule has 29 heavy (non-hydrogen) atoms. The summed E-state index contributed by atoms with van der Waals surface area (Å²) in [6.45, 7) is -1.13. The normalized spacial score (nSPS) is 22.5. The molecule has 1 unspecified atom stereocenters. The van der Waals surface area contributed by atoms with E-state index in [2.05, 4.69) is 0 Å². The fraction of sp³-hybridized carbons (Fsp3) is 0.474. The molecule has 4 rings (SSSR count). The van der Waals surface area contributed by atoms with E-state index in [0.717, 1.165) is 17.7 Å². The second-order valence-corrected chi connectivity index (χ2v) is 9.72.